The molecule has 0 aliphatic carbocycles. The van der Waals surface area contributed by atoms with E-state index in [4.69, 9.17) is 16.2 Å². The van der Waals surface area contributed by atoms with Gasteiger partial charge in [-0.25, -0.2) is 0 Å². The van der Waals surface area contributed by atoms with E-state index in [2.05, 4.69) is 11.2 Å². The van der Waals surface area contributed by atoms with Gasteiger partial charge in [-0.1, -0.05) is 0 Å². The molecule has 0 saturated carbocycles. The van der Waals surface area contributed by atoms with Crippen LogP contribution in [-0.2, 0) is 4.79 Å². The number of rotatable bonds is 8. The number of hydrogen-bond acceptors (Lipinski definition) is 4. The second-order valence-electron chi connectivity index (χ2n) is 2.91. The Morgan fingerprint density at radius 2 is 2.43 bits per heavy atom. The Morgan fingerprint density at radius 1 is 1.71 bits per heavy atom. The monoisotopic (exact) mass is 199 g/mol. The lowest BCUT2D eigenvalue weighted by Gasteiger charge is -2.12. The molecule has 0 aromatic heterocycles. The summed E-state index contributed by atoms with van der Waals surface area (Å²) in [7, 11) is 0. The predicted molar refractivity (Wildman–Crippen MR) is 54.6 cm³/mol. The Kier molecular flexibility index (Phi) is 7.74. The lowest BCUT2D eigenvalue weighted by atomic mass is 10.1. The van der Waals surface area contributed by atoms with Crippen LogP contribution in [0.25, 0.3) is 0 Å². The van der Waals surface area contributed by atoms with Crippen molar-refractivity contribution in [3.05, 3.63) is 6.08 Å². The summed E-state index contributed by atoms with van der Waals surface area (Å²) in [5, 5.41) is 18.3. The highest BCUT2D eigenvalue weighted by molar-refractivity contribution is 5.73. The van der Waals surface area contributed by atoms with E-state index in [0.717, 1.165) is 0 Å². The minimum atomic E-state index is -0.850. The normalized spacial score (nSPS) is 11.8. The van der Waals surface area contributed by atoms with Gasteiger partial charge in [0.05, 0.1) is 0 Å². The summed E-state index contributed by atoms with van der Waals surface area (Å²) in [6.07, 6.45) is 3.41. The number of carboxylic acid groups (broad SMARTS) is 1. The van der Waals surface area contributed by atoms with Crippen molar-refractivity contribution in [3.8, 4) is 0 Å². The smallest absolute Gasteiger partial charge is 0.320 e. The van der Waals surface area contributed by atoms with Crippen molar-refractivity contribution in [2.75, 3.05) is 13.1 Å². The summed E-state index contributed by atoms with van der Waals surface area (Å²) >= 11 is 0. The van der Waals surface area contributed by atoms with Gasteiger partial charge in [0, 0.05) is 6.54 Å². The van der Waals surface area contributed by atoms with Gasteiger partial charge in [-0.15, -0.1) is 0 Å². The lowest BCUT2D eigenvalue weighted by Crippen LogP contribution is -2.37. The zero-order valence-electron chi connectivity index (χ0n) is 8.12. The molecule has 14 heavy (non-hydrogen) atoms. The average molecular weight is 199 g/mol. The van der Waals surface area contributed by atoms with Crippen molar-refractivity contribution in [2.24, 2.45) is 5.73 Å². The van der Waals surface area contributed by atoms with E-state index < -0.39 is 12.0 Å². The first kappa shape index (κ1) is 12.8. The SMILES string of the molecule is N=C=CCCN[C@@H](CCCN)C(=O)O. The minimum absolute atomic E-state index is 0.506. The molecule has 0 aromatic carbocycles. The summed E-state index contributed by atoms with van der Waals surface area (Å²) in [6, 6.07) is -0.530. The fraction of sp³-hybridized carbons (Fsp3) is 0.667. The van der Waals surface area contributed by atoms with E-state index in [1.807, 2.05) is 0 Å². The molecule has 0 amide bonds. The molecule has 0 spiro atoms. The number of nitrogens with two attached hydrogens (primary N) is 1. The van der Waals surface area contributed by atoms with Crippen LogP contribution < -0.4 is 11.1 Å². The van der Waals surface area contributed by atoms with Crippen molar-refractivity contribution in [3.63, 3.8) is 0 Å². The van der Waals surface area contributed by atoms with Crippen molar-refractivity contribution in [1.29, 1.82) is 5.41 Å². The summed E-state index contributed by atoms with van der Waals surface area (Å²) in [5.41, 5.74) is 5.29. The molecule has 5 heteroatoms. The van der Waals surface area contributed by atoms with E-state index in [1.165, 1.54) is 0 Å². The lowest BCUT2D eigenvalue weighted by molar-refractivity contribution is -0.139. The molecule has 1 atom stereocenters. The van der Waals surface area contributed by atoms with Crippen LogP contribution in [0.1, 0.15) is 19.3 Å². The van der Waals surface area contributed by atoms with E-state index in [9.17, 15) is 4.79 Å². The standard InChI is InChI=1S/C9H17N3O2/c10-5-1-2-7-12-8(9(13)14)4-3-6-11/h1,8,10,12H,2-4,6-7,11H2,(H,13,14)/t8-/m0/s1. The largest absolute Gasteiger partial charge is 0.480 e. The van der Waals surface area contributed by atoms with Gasteiger partial charge in [0.1, 0.15) is 6.04 Å². The zero-order chi connectivity index (χ0) is 10.8. The van der Waals surface area contributed by atoms with Gasteiger partial charge in [0.25, 0.3) is 0 Å². The van der Waals surface area contributed by atoms with Gasteiger partial charge in [-0.2, -0.15) is 0 Å². The van der Waals surface area contributed by atoms with Crippen molar-refractivity contribution in [1.82, 2.24) is 5.32 Å². The molecule has 0 unspecified atom stereocenters. The maximum atomic E-state index is 10.7. The fourth-order valence-corrected chi connectivity index (χ4v) is 1.04. The molecule has 5 nitrogen and oxygen atoms in total. The third-order valence-electron chi connectivity index (χ3n) is 1.78. The molecule has 0 rings (SSSR count). The van der Waals surface area contributed by atoms with E-state index in [0.29, 0.717) is 32.4 Å². The van der Waals surface area contributed by atoms with Gasteiger partial charge < -0.3 is 16.2 Å². The van der Waals surface area contributed by atoms with Gasteiger partial charge in [-0.05, 0) is 37.8 Å². The molecule has 0 aliphatic rings. The Bertz CT molecular complexity index is 212. The summed E-state index contributed by atoms with van der Waals surface area (Å²) < 4.78 is 0. The summed E-state index contributed by atoms with van der Waals surface area (Å²) in [6.45, 7) is 1.05. The average Bonchev–Trinajstić information content (AvgIpc) is 2.16. The quantitative estimate of drug-likeness (QED) is 0.325. The molecule has 80 valence electrons. The van der Waals surface area contributed by atoms with Crippen molar-refractivity contribution < 1.29 is 9.90 Å². The first-order valence-electron chi connectivity index (χ1n) is 4.62. The number of carboxylic acids is 1. The molecule has 0 fully saturated rings. The predicted octanol–water partition coefficient (Wildman–Crippen LogP) is -0.0371. The molecule has 0 bridgehead atoms. The van der Waals surface area contributed by atoms with Gasteiger partial charge >= 0.3 is 5.97 Å². The van der Waals surface area contributed by atoms with Crippen LogP contribution in [0, 0.1) is 5.41 Å². The molecule has 0 saturated heterocycles. The third kappa shape index (κ3) is 6.37. The van der Waals surface area contributed by atoms with Crippen molar-refractivity contribution in [2.45, 2.75) is 25.3 Å². The van der Waals surface area contributed by atoms with Gasteiger partial charge in [0.2, 0.25) is 0 Å². The number of nitrogens with one attached hydrogen (secondary N) is 2. The number of hydrogen-bond donors (Lipinski definition) is 4. The summed E-state index contributed by atoms with van der Waals surface area (Å²) in [4.78, 5) is 10.7. The van der Waals surface area contributed by atoms with Crippen LogP contribution in [-0.4, -0.2) is 36.1 Å². The molecule has 0 aromatic rings. The number of aliphatic carboxylic acids is 1. The van der Waals surface area contributed by atoms with E-state index in [1.54, 1.807) is 6.08 Å². The molecule has 0 heterocycles. The summed E-state index contributed by atoms with van der Waals surface area (Å²) in [5.74, 6) is 1.28. The van der Waals surface area contributed by atoms with Crippen molar-refractivity contribution >= 4 is 11.8 Å². The van der Waals surface area contributed by atoms with Gasteiger partial charge in [-0.3, -0.25) is 10.2 Å². The second-order valence-corrected chi connectivity index (χ2v) is 2.91. The van der Waals surface area contributed by atoms with Crippen LogP contribution in [0.4, 0.5) is 0 Å². The van der Waals surface area contributed by atoms with Crippen LogP contribution in [0.5, 0.6) is 0 Å². The van der Waals surface area contributed by atoms with Crippen LogP contribution in [0.15, 0.2) is 6.08 Å². The van der Waals surface area contributed by atoms with E-state index in [-0.39, 0.29) is 0 Å². The highest BCUT2D eigenvalue weighted by atomic mass is 16.4. The Hall–Kier alpha value is -1.16. The topological polar surface area (TPSA) is 99.2 Å². The first-order valence-corrected chi connectivity index (χ1v) is 4.62. The van der Waals surface area contributed by atoms with Gasteiger partial charge in [0.15, 0.2) is 0 Å². The first-order chi connectivity index (χ1) is 6.72. The highest BCUT2D eigenvalue weighted by Gasteiger charge is 2.14. The van der Waals surface area contributed by atoms with Crippen LogP contribution in [0.2, 0.25) is 0 Å². The Labute approximate surface area is 83.5 Å². The number of carbonyl (C=O) groups is 1. The molecular formula is C9H17N3O2. The minimum Gasteiger partial charge on any atom is -0.480 e. The molecule has 0 aliphatic heterocycles. The van der Waals surface area contributed by atoms with Crippen LogP contribution >= 0.6 is 0 Å². The highest BCUT2D eigenvalue weighted by Crippen LogP contribution is 1.96. The van der Waals surface area contributed by atoms with Crippen LogP contribution in [0.3, 0.4) is 0 Å². The Morgan fingerprint density at radius 3 is 2.93 bits per heavy atom. The Balaban J connectivity index is 3.72. The maximum Gasteiger partial charge on any atom is 0.320 e. The zero-order valence-corrected chi connectivity index (χ0v) is 8.12. The third-order valence-corrected chi connectivity index (χ3v) is 1.78. The second kappa shape index (κ2) is 8.44. The maximum absolute atomic E-state index is 10.7. The molecular weight excluding hydrogens is 182 g/mol. The van der Waals surface area contributed by atoms with E-state index >= 15 is 0 Å². The molecule has 0 radical (unpaired) electrons. The fourth-order valence-electron chi connectivity index (χ4n) is 1.04. The molecule has 5 N–H and O–H groups in total.